The van der Waals surface area contributed by atoms with Crippen LogP contribution in [0.4, 0.5) is 0 Å². The highest BCUT2D eigenvalue weighted by Crippen LogP contribution is 2.38. The van der Waals surface area contributed by atoms with Crippen LogP contribution >= 0.6 is 34.5 Å². The van der Waals surface area contributed by atoms with Gasteiger partial charge in [0.2, 0.25) is 5.91 Å². The van der Waals surface area contributed by atoms with Gasteiger partial charge in [-0.3, -0.25) is 9.59 Å². The van der Waals surface area contributed by atoms with Gasteiger partial charge in [0.1, 0.15) is 16.9 Å². The van der Waals surface area contributed by atoms with Crippen molar-refractivity contribution in [2.75, 3.05) is 6.54 Å². The lowest BCUT2D eigenvalue weighted by Gasteiger charge is -2.19. The van der Waals surface area contributed by atoms with Gasteiger partial charge in [-0.1, -0.05) is 49.2 Å². The topological polar surface area (TPSA) is 82.0 Å². The zero-order valence-electron chi connectivity index (χ0n) is 14.9. The molecule has 0 unspecified atom stereocenters. The number of benzene rings is 1. The van der Waals surface area contributed by atoms with E-state index in [4.69, 9.17) is 28.5 Å². The fourth-order valence-electron chi connectivity index (χ4n) is 2.53. The summed E-state index contributed by atoms with van der Waals surface area (Å²) in [6, 6.07) is 9.85. The van der Waals surface area contributed by atoms with E-state index in [2.05, 4.69) is 10.6 Å². The van der Waals surface area contributed by atoms with Crippen molar-refractivity contribution in [3.05, 3.63) is 44.6 Å². The largest absolute Gasteiger partial charge is 0.341 e. The molecule has 0 aliphatic heterocycles. The molecule has 0 saturated heterocycles. The van der Waals surface area contributed by atoms with Gasteiger partial charge in [0, 0.05) is 11.1 Å². The lowest BCUT2D eigenvalue weighted by atomic mass is 10.0. The van der Waals surface area contributed by atoms with Gasteiger partial charge in [0.15, 0.2) is 0 Å². The van der Waals surface area contributed by atoms with E-state index in [9.17, 15) is 9.59 Å². The molecule has 1 atom stereocenters. The Hall–Kier alpha value is -2.07. The average Bonchev–Trinajstić information content (AvgIpc) is 2.97. The third kappa shape index (κ3) is 5.96. The molecule has 2 N–H and O–H groups in total. The van der Waals surface area contributed by atoms with Gasteiger partial charge in [-0.2, -0.15) is 5.26 Å². The van der Waals surface area contributed by atoms with Gasteiger partial charge >= 0.3 is 0 Å². The van der Waals surface area contributed by atoms with Crippen LogP contribution in [0.15, 0.2) is 30.3 Å². The molecule has 2 aromatic rings. The molecule has 0 radical (unpaired) electrons. The van der Waals surface area contributed by atoms with E-state index in [-0.39, 0.29) is 24.3 Å². The summed E-state index contributed by atoms with van der Waals surface area (Å²) < 4.78 is 1.18. The average molecular weight is 424 g/mol. The number of nitrogens with zero attached hydrogens (tertiary/aromatic N) is 1. The molecule has 0 spiro atoms. The van der Waals surface area contributed by atoms with Crippen molar-refractivity contribution in [1.82, 2.24) is 10.6 Å². The Balaban J connectivity index is 2.12. The molecule has 8 heteroatoms. The van der Waals surface area contributed by atoms with Crippen LogP contribution in [0.25, 0.3) is 11.1 Å². The summed E-state index contributed by atoms with van der Waals surface area (Å²) >= 11 is 13.4. The standard InChI is InChI=1S/C19H19Cl2N3O2S/c1-11(2)9-15(19(26)23-8-7-22)24-18(25)13-5-3-12(4-6-13)14-10-16(20)27-17(14)21/h3-6,10-11,15H,8-9H2,1-2H3,(H,23,26)(H,24,25)/t15-/m0/s1. The minimum atomic E-state index is -0.698. The van der Waals surface area contributed by atoms with Crippen LogP contribution in [0, 0.1) is 17.2 Å². The van der Waals surface area contributed by atoms with Crippen molar-refractivity contribution in [3.63, 3.8) is 0 Å². The smallest absolute Gasteiger partial charge is 0.251 e. The lowest BCUT2D eigenvalue weighted by Crippen LogP contribution is -2.47. The van der Waals surface area contributed by atoms with Crippen LogP contribution in [0.3, 0.4) is 0 Å². The van der Waals surface area contributed by atoms with E-state index < -0.39 is 6.04 Å². The van der Waals surface area contributed by atoms with Crippen molar-refractivity contribution in [1.29, 1.82) is 5.26 Å². The Morgan fingerprint density at radius 2 is 1.89 bits per heavy atom. The minimum Gasteiger partial charge on any atom is -0.341 e. The zero-order chi connectivity index (χ0) is 20.0. The fourth-order valence-corrected chi connectivity index (χ4v) is 4.04. The number of hydrogen-bond acceptors (Lipinski definition) is 4. The van der Waals surface area contributed by atoms with Crippen LogP contribution in [0.1, 0.15) is 30.6 Å². The predicted molar refractivity (Wildman–Crippen MR) is 109 cm³/mol. The normalized spacial score (nSPS) is 11.7. The highest BCUT2D eigenvalue weighted by Gasteiger charge is 2.22. The van der Waals surface area contributed by atoms with Gasteiger partial charge in [-0.25, -0.2) is 0 Å². The number of nitrogens with one attached hydrogen (secondary N) is 2. The molecule has 2 rings (SSSR count). The van der Waals surface area contributed by atoms with Gasteiger partial charge in [0.05, 0.1) is 10.4 Å². The quantitative estimate of drug-likeness (QED) is 0.642. The maximum atomic E-state index is 12.5. The van der Waals surface area contributed by atoms with E-state index >= 15 is 0 Å². The van der Waals surface area contributed by atoms with E-state index in [1.54, 1.807) is 30.3 Å². The van der Waals surface area contributed by atoms with E-state index in [1.165, 1.54) is 11.3 Å². The minimum absolute atomic E-state index is 0.0953. The Morgan fingerprint density at radius 1 is 1.22 bits per heavy atom. The molecule has 1 heterocycles. The van der Waals surface area contributed by atoms with Gasteiger partial charge < -0.3 is 10.6 Å². The number of carbonyl (C=O) groups excluding carboxylic acids is 2. The molecule has 0 bridgehead atoms. The highest BCUT2D eigenvalue weighted by atomic mass is 35.5. The molecule has 1 aromatic carbocycles. The van der Waals surface area contributed by atoms with Crippen LogP contribution in [0.2, 0.25) is 8.67 Å². The van der Waals surface area contributed by atoms with Crippen molar-refractivity contribution in [3.8, 4) is 17.2 Å². The summed E-state index contributed by atoms with van der Waals surface area (Å²) in [5, 5.41) is 13.8. The second-order valence-electron chi connectivity index (χ2n) is 6.35. The first kappa shape index (κ1) is 21.2. The lowest BCUT2D eigenvalue weighted by molar-refractivity contribution is -0.123. The molecule has 142 valence electrons. The summed E-state index contributed by atoms with van der Waals surface area (Å²) in [6.07, 6.45) is 0.476. The van der Waals surface area contributed by atoms with Gasteiger partial charge in [0.25, 0.3) is 5.91 Å². The molecule has 5 nitrogen and oxygen atoms in total. The zero-order valence-corrected chi connectivity index (χ0v) is 17.2. The molecule has 0 fully saturated rings. The van der Waals surface area contributed by atoms with Gasteiger partial charge in [-0.05, 0) is 36.1 Å². The third-order valence-electron chi connectivity index (χ3n) is 3.79. The third-order valence-corrected chi connectivity index (χ3v) is 5.27. The Morgan fingerprint density at radius 3 is 2.41 bits per heavy atom. The Labute approximate surface area is 172 Å². The number of nitriles is 1. The van der Waals surface area contributed by atoms with Gasteiger partial charge in [-0.15, -0.1) is 11.3 Å². The number of carbonyl (C=O) groups is 2. The van der Waals surface area contributed by atoms with Crippen molar-refractivity contribution >= 4 is 46.4 Å². The molecule has 0 aliphatic rings. The highest BCUT2D eigenvalue weighted by molar-refractivity contribution is 7.20. The first-order chi connectivity index (χ1) is 12.8. The summed E-state index contributed by atoms with van der Waals surface area (Å²) in [6.45, 7) is 3.82. The number of rotatable bonds is 7. The van der Waals surface area contributed by atoms with Crippen LogP contribution in [-0.2, 0) is 4.79 Å². The van der Waals surface area contributed by atoms with Crippen LogP contribution < -0.4 is 10.6 Å². The SMILES string of the molecule is CC(C)C[C@H](NC(=O)c1ccc(-c2cc(Cl)sc2Cl)cc1)C(=O)NCC#N. The molecule has 1 aromatic heterocycles. The van der Waals surface area contributed by atoms with Crippen molar-refractivity contribution < 1.29 is 9.59 Å². The Bertz CT molecular complexity index is 857. The first-order valence-corrected chi connectivity index (χ1v) is 9.89. The fraction of sp³-hybridized carbons (Fsp3) is 0.316. The summed E-state index contributed by atoms with van der Waals surface area (Å²) in [4.78, 5) is 24.7. The first-order valence-electron chi connectivity index (χ1n) is 8.32. The maximum Gasteiger partial charge on any atom is 0.251 e. The number of halogens is 2. The molecule has 2 amide bonds. The van der Waals surface area contributed by atoms with E-state index in [1.807, 2.05) is 19.9 Å². The molecule has 27 heavy (non-hydrogen) atoms. The van der Waals surface area contributed by atoms with Crippen LogP contribution in [-0.4, -0.2) is 24.4 Å². The number of hydrogen-bond donors (Lipinski definition) is 2. The van der Waals surface area contributed by atoms with E-state index in [0.29, 0.717) is 20.7 Å². The second-order valence-corrected chi connectivity index (χ2v) is 8.63. The van der Waals surface area contributed by atoms with E-state index in [0.717, 1.165) is 11.1 Å². The number of thiophene rings is 1. The predicted octanol–water partition coefficient (Wildman–Crippen LogP) is 4.51. The molecule has 0 saturated carbocycles. The molecule has 0 aliphatic carbocycles. The Kier molecular flexibility index (Phi) is 7.66. The molecular weight excluding hydrogens is 405 g/mol. The number of amides is 2. The summed E-state index contributed by atoms with van der Waals surface area (Å²) in [5.41, 5.74) is 2.09. The summed E-state index contributed by atoms with van der Waals surface area (Å²) in [7, 11) is 0. The monoisotopic (exact) mass is 423 g/mol. The van der Waals surface area contributed by atoms with Crippen LogP contribution in [0.5, 0.6) is 0 Å². The maximum absolute atomic E-state index is 12.5. The van der Waals surface area contributed by atoms with Crippen molar-refractivity contribution in [2.24, 2.45) is 5.92 Å². The summed E-state index contributed by atoms with van der Waals surface area (Å²) in [5.74, 6) is -0.514. The molecular formula is C19H19Cl2N3O2S. The van der Waals surface area contributed by atoms with Crippen molar-refractivity contribution in [2.45, 2.75) is 26.3 Å². The second kappa shape index (κ2) is 9.75.